The number of nitrogens with zero attached hydrogens (tertiary/aromatic N) is 1. The maximum atomic E-state index is 12.1. The molecule has 0 aliphatic carbocycles. The van der Waals surface area contributed by atoms with Gasteiger partial charge in [-0.15, -0.1) is 0 Å². The fourth-order valence-electron chi connectivity index (χ4n) is 1.54. The number of Topliss-reactive ketones (excluding diaryl/α,β-unsaturated/α-hetero) is 1. The van der Waals surface area contributed by atoms with Gasteiger partial charge in [0.1, 0.15) is 0 Å². The third-order valence-electron chi connectivity index (χ3n) is 2.40. The lowest BCUT2D eigenvalue weighted by atomic mass is 10.0. The minimum atomic E-state index is 0.0374. The average molecular weight is 291 g/mol. The zero-order valence-electron chi connectivity index (χ0n) is 9.06. The van der Waals surface area contributed by atoms with Gasteiger partial charge in [0, 0.05) is 34.5 Å². The van der Waals surface area contributed by atoms with Gasteiger partial charge < -0.3 is 5.73 Å². The van der Waals surface area contributed by atoms with E-state index in [9.17, 15) is 4.79 Å². The van der Waals surface area contributed by atoms with Crippen molar-refractivity contribution in [2.24, 2.45) is 0 Å². The molecule has 2 rings (SSSR count). The molecule has 1 aromatic heterocycles. The van der Waals surface area contributed by atoms with Gasteiger partial charge in [-0.3, -0.25) is 9.78 Å². The van der Waals surface area contributed by atoms with E-state index in [2.05, 4.69) is 20.9 Å². The van der Waals surface area contributed by atoms with Gasteiger partial charge in [-0.2, -0.15) is 0 Å². The van der Waals surface area contributed by atoms with E-state index in [0.29, 0.717) is 17.7 Å². The van der Waals surface area contributed by atoms with Gasteiger partial charge in [0.05, 0.1) is 0 Å². The molecule has 4 heteroatoms. The number of anilines is 1. The van der Waals surface area contributed by atoms with Crippen molar-refractivity contribution in [3.8, 4) is 0 Å². The number of nitrogens with two attached hydrogens (primary N) is 1. The molecule has 0 radical (unpaired) electrons. The number of carbonyl (C=O) groups is 1. The first kappa shape index (κ1) is 11.8. The fraction of sp³-hybridized carbons (Fsp3) is 0.0769. The summed E-state index contributed by atoms with van der Waals surface area (Å²) in [6, 6.07) is 8.90. The minimum Gasteiger partial charge on any atom is -0.399 e. The molecular weight excluding hydrogens is 280 g/mol. The van der Waals surface area contributed by atoms with Gasteiger partial charge in [0.15, 0.2) is 5.78 Å². The first-order valence-electron chi connectivity index (χ1n) is 5.14. The quantitative estimate of drug-likeness (QED) is 0.699. The summed E-state index contributed by atoms with van der Waals surface area (Å²) in [6.07, 6.45) is 3.71. The summed E-state index contributed by atoms with van der Waals surface area (Å²) >= 11 is 3.36. The van der Waals surface area contributed by atoms with Crippen molar-refractivity contribution in [1.82, 2.24) is 4.98 Å². The van der Waals surface area contributed by atoms with E-state index in [1.165, 1.54) is 0 Å². The van der Waals surface area contributed by atoms with Gasteiger partial charge >= 0.3 is 0 Å². The molecule has 0 amide bonds. The zero-order chi connectivity index (χ0) is 12.3. The Morgan fingerprint density at radius 1 is 1.24 bits per heavy atom. The first-order valence-corrected chi connectivity index (χ1v) is 5.93. The van der Waals surface area contributed by atoms with E-state index in [1.54, 1.807) is 30.6 Å². The minimum absolute atomic E-state index is 0.0374. The second-order valence-corrected chi connectivity index (χ2v) is 4.55. The summed E-state index contributed by atoms with van der Waals surface area (Å²) in [5.74, 6) is 0.0374. The Kier molecular flexibility index (Phi) is 3.54. The number of ketones is 1. The van der Waals surface area contributed by atoms with Crippen LogP contribution in [-0.4, -0.2) is 10.8 Å². The number of carbonyl (C=O) groups excluding carboxylic acids is 1. The summed E-state index contributed by atoms with van der Waals surface area (Å²) in [5, 5.41) is 0. The number of aromatic nitrogens is 1. The zero-order valence-corrected chi connectivity index (χ0v) is 10.6. The van der Waals surface area contributed by atoms with E-state index in [-0.39, 0.29) is 5.78 Å². The van der Waals surface area contributed by atoms with Crippen molar-refractivity contribution in [2.45, 2.75) is 6.42 Å². The standard InChI is InChI=1S/C13H11BrN2O/c14-12-2-1-10(15)8-11(12)13(17)7-9-3-5-16-6-4-9/h1-6,8H,7,15H2. The van der Waals surface area contributed by atoms with Gasteiger partial charge in [-0.1, -0.05) is 15.9 Å². The number of pyridine rings is 1. The highest BCUT2D eigenvalue weighted by Crippen LogP contribution is 2.21. The van der Waals surface area contributed by atoms with E-state index in [1.807, 2.05) is 12.1 Å². The number of nitrogen functional groups attached to an aromatic ring is 1. The van der Waals surface area contributed by atoms with Crippen LogP contribution in [0.3, 0.4) is 0 Å². The molecule has 17 heavy (non-hydrogen) atoms. The van der Waals surface area contributed by atoms with Crippen LogP contribution in [0.2, 0.25) is 0 Å². The maximum Gasteiger partial charge on any atom is 0.168 e. The lowest BCUT2D eigenvalue weighted by molar-refractivity contribution is 0.0992. The number of benzene rings is 1. The van der Waals surface area contributed by atoms with E-state index < -0.39 is 0 Å². The third-order valence-corrected chi connectivity index (χ3v) is 3.10. The van der Waals surface area contributed by atoms with Gasteiger partial charge in [0.2, 0.25) is 0 Å². The molecule has 3 nitrogen and oxygen atoms in total. The van der Waals surface area contributed by atoms with Crippen LogP contribution >= 0.6 is 15.9 Å². The summed E-state index contributed by atoms with van der Waals surface area (Å²) in [4.78, 5) is 16.0. The second-order valence-electron chi connectivity index (χ2n) is 3.69. The highest BCUT2D eigenvalue weighted by Gasteiger charge is 2.11. The molecule has 0 atom stereocenters. The van der Waals surface area contributed by atoms with Gasteiger partial charge in [-0.05, 0) is 35.9 Å². The Labute approximate surface area is 108 Å². The Morgan fingerprint density at radius 2 is 1.94 bits per heavy atom. The van der Waals surface area contributed by atoms with Crippen LogP contribution < -0.4 is 5.73 Å². The van der Waals surface area contributed by atoms with Gasteiger partial charge in [-0.25, -0.2) is 0 Å². The topological polar surface area (TPSA) is 56.0 Å². The molecule has 0 spiro atoms. The first-order chi connectivity index (χ1) is 8.16. The van der Waals surface area contributed by atoms with Crippen molar-refractivity contribution in [3.05, 3.63) is 58.3 Å². The molecule has 1 aromatic carbocycles. The third kappa shape index (κ3) is 2.91. The van der Waals surface area contributed by atoms with Crippen LogP contribution in [0, 0.1) is 0 Å². The molecular formula is C13H11BrN2O. The van der Waals surface area contributed by atoms with E-state index >= 15 is 0 Å². The average Bonchev–Trinajstić information content (AvgIpc) is 2.33. The molecule has 0 unspecified atom stereocenters. The number of hydrogen-bond acceptors (Lipinski definition) is 3. The Hall–Kier alpha value is -1.68. The molecule has 0 aliphatic heterocycles. The highest BCUT2D eigenvalue weighted by atomic mass is 79.9. The molecule has 0 aliphatic rings. The SMILES string of the molecule is Nc1ccc(Br)c(C(=O)Cc2ccncc2)c1. The molecule has 2 N–H and O–H groups in total. The molecule has 2 aromatic rings. The largest absolute Gasteiger partial charge is 0.399 e. The molecule has 0 saturated heterocycles. The molecule has 1 heterocycles. The van der Waals surface area contributed by atoms with Crippen molar-refractivity contribution in [3.63, 3.8) is 0 Å². The van der Waals surface area contributed by atoms with Crippen LogP contribution in [0.15, 0.2) is 47.2 Å². The second kappa shape index (κ2) is 5.10. The van der Waals surface area contributed by atoms with E-state index in [0.717, 1.165) is 10.0 Å². The van der Waals surface area contributed by atoms with Crippen LogP contribution in [0.5, 0.6) is 0 Å². The molecule has 0 fully saturated rings. The normalized spacial score (nSPS) is 10.2. The van der Waals surface area contributed by atoms with Crippen molar-refractivity contribution >= 4 is 27.4 Å². The Balaban J connectivity index is 2.23. The number of halogens is 1. The summed E-state index contributed by atoms with van der Waals surface area (Å²) < 4.78 is 0.769. The van der Waals surface area contributed by atoms with E-state index in [4.69, 9.17) is 5.73 Å². The summed E-state index contributed by atoms with van der Waals surface area (Å²) in [5.41, 5.74) is 7.82. The van der Waals surface area contributed by atoms with Crippen molar-refractivity contribution in [2.75, 3.05) is 5.73 Å². The predicted octanol–water partition coefficient (Wildman–Crippen LogP) is 2.85. The van der Waals surface area contributed by atoms with Crippen LogP contribution in [-0.2, 0) is 6.42 Å². The predicted molar refractivity (Wildman–Crippen MR) is 70.8 cm³/mol. The molecule has 86 valence electrons. The maximum absolute atomic E-state index is 12.1. The molecule has 0 saturated carbocycles. The van der Waals surface area contributed by atoms with Crippen LogP contribution in [0.4, 0.5) is 5.69 Å². The van der Waals surface area contributed by atoms with Crippen LogP contribution in [0.1, 0.15) is 15.9 Å². The lowest BCUT2D eigenvalue weighted by Gasteiger charge is -2.05. The Morgan fingerprint density at radius 3 is 2.65 bits per heavy atom. The van der Waals surface area contributed by atoms with Crippen molar-refractivity contribution in [1.29, 1.82) is 0 Å². The van der Waals surface area contributed by atoms with Crippen molar-refractivity contribution < 1.29 is 4.79 Å². The van der Waals surface area contributed by atoms with Crippen LogP contribution in [0.25, 0.3) is 0 Å². The summed E-state index contributed by atoms with van der Waals surface area (Å²) in [6.45, 7) is 0. The number of hydrogen-bond donors (Lipinski definition) is 1. The highest BCUT2D eigenvalue weighted by molar-refractivity contribution is 9.10. The Bertz CT molecular complexity index is 540. The lowest BCUT2D eigenvalue weighted by Crippen LogP contribution is -2.05. The summed E-state index contributed by atoms with van der Waals surface area (Å²) in [7, 11) is 0. The number of rotatable bonds is 3. The molecule has 0 bridgehead atoms. The smallest absolute Gasteiger partial charge is 0.168 e. The fourth-order valence-corrected chi connectivity index (χ4v) is 2.01. The monoisotopic (exact) mass is 290 g/mol. The van der Waals surface area contributed by atoms with Gasteiger partial charge in [0.25, 0.3) is 0 Å².